The molecule has 1 fully saturated rings. The lowest BCUT2D eigenvalue weighted by atomic mass is 9.98. The molecule has 1 aromatic carbocycles. The first kappa shape index (κ1) is 22.2. The minimum absolute atomic E-state index is 0.0261. The summed E-state index contributed by atoms with van der Waals surface area (Å²) < 4.78 is 48.0. The molecule has 0 N–H and O–H groups in total. The highest BCUT2D eigenvalue weighted by Gasteiger charge is 2.43. The smallest absolute Gasteiger partial charge is 0.489 e. The van der Waals surface area contributed by atoms with Crippen molar-refractivity contribution in [1.82, 2.24) is 4.98 Å². The predicted octanol–water partition coefficient (Wildman–Crippen LogP) is 7.38. The molecular formula is C24H22ClF2NO4S. The number of thiophene rings is 1. The van der Waals surface area contributed by atoms with Gasteiger partial charge in [-0.3, -0.25) is 0 Å². The topological polar surface area (TPSA) is 49.8 Å². The van der Waals surface area contributed by atoms with Gasteiger partial charge in [0.1, 0.15) is 18.1 Å². The van der Waals surface area contributed by atoms with Gasteiger partial charge in [-0.05, 0) is 62.9 Å². The van der Waals surface area contributed by atoms with Crippen LogP contribution in [0.4, 0.5) is 8.78 Å². The Labute approximate surface area is 199 Å². The third-order valence-corrected chi connectivity index (χ3v) is 6.99. The Morgan fingerprint density at radius 2 is 1.88 bits per heavy atom. The first-order valence-electron chi connectivity index (χ1n) is 10.8. The maximum Gasteiger partial charge on any atom is 0.586 e. The van der Waals surface area contributed by atoms with Gasteiger partial charge in [0.05, 0.1) is 26.7 Å². The zero-order valence-electron chi connectivity index (χ0n) is 17.9. The second-order valence-electron chi connectivity index (χ2n) is 8.13. The fourth-order valence-corrected chi connectivity index (χ4v) is 5.29. The van der Waals surface area contributed by atoms with Crippen molar-refractivity contribution in [2.45, 2.75) is 58.0 Å². The molecule has 5 rings (SSSR count). The fourth-order valence-electron chi connectivity index (χ4n) is 4.06. The molecule has 0 bridgehead atoms. The number of benzene rings is 1. The van der Waals surface area contributed by atoms with Crippen LogP contribution in [0.1, 0.15) is 43.4 Å². The molecular weight excluding hydrogens is 472 g/mol. The van der Waals surface area contributed by atoms with Gasteiger partial charge in [0.25, 0.3) is 0 Å². The average molecular weight is 494 g/mol. The van der Waals surface area contributed by atoms with Crippen molar-refractivity contribution in [3.63, 3.8) is 0 Å². The van der Waals surface area contributed by atoms with Crippen LogP contribution in [-0.4, -0.2) is 17.4 Å². The molecule has 0 atom stereocenters. The molecule has 1 aliphatic carbocycles. The Morgan fingerprint density at radius 3 is 2.67 bits per heavy atom. The van der Waals surface area contributed by atoms with Crippen LogP contribution < -0.4 is 18.9 Å². The number of hydrogen-bond donors (Lipinski definition) is 0. The van der Waals surface area contributed by atoms with Gasteiger partial charge in [-0.2, -0.15) is 0 Å². The number of nitrogens with zero attached hydrogens (tertiary/aromatic N) is 1. The van der Waals surface area contributed by atoms with Gasteiger partial charge in [-0.1, -0.05) is 18.0 Å². The lowest BCUT2D eigenvalue weighted by Gasteiger charge is -2.23. The molecule has 1 aliphatic heterocycles. The minimum Gasteiger partial charge on any atom is -0.489 e. The zero-order valence-corrected chi connectivity index (χ0v) is 19.5. The third-order valence-electron chi connectivity index (χ3n) is 5.66. The van der Waals surface area contributed by atoms with Gasteiger partial charge in [-0.25, -0.2) is 4.98 Å². The van der Waals surface area contributed by atoms with Gasteiger partial charge in [0, 0.05) is 11.6 Å². The van der Waals surface area contributed by atoms with Crippen molar-refractivity contribution in [3.05, 3.63) is 52.0 Å². The molecule has 3 aromatic rings. The van der Waals surface area contributed by atoms with Crippen LogP contribution in [0.2, 0.25) is 4.34 Å². The highest BCUT2D eigenvalue weighted by atomic mass is 35.5. The van der Waals surface area contributed by atoms with E-state index in [0.717, 1.165) is 40.4 Å². The second kappa shape index (κ2) is 8.99. The van der Waals surface area contributed by atoms with E-state index in [9.17, 15) is 8.78 Å². The van der Waals surface area contributed by atoms with E-state index in [2.05, 4.69) is 9.47 Å². The van der Waals surface area contributed by atoms with Crippen LogP contribution >= 0.6 is 22.9 Å². The Bertz CT molecular complexity index is 1160. The summed E-state index contributed by atoms with van der Waals surface area (Å²) in [6.45, 7) is 2.13. The Balaban J connectivity index is 1.31. The number of aryl methyl sites for hydroxylation is 1. The summed E-state index contributed by atoms with van der Waals surface area (Å²) in [5.41, 5.74) is 2.45. The van der Waals surface area contributed by atoms with Crippen molar-refractivity contribution >= 4 is 22.9 Å². The lowest BCUT2D eigenvalue weighted by Crippen LogP contribution is -2.25. The predicted molar refractivity (Wildman–Crippen MR) is 122 cm³/mol. The lowest BCUT2D eigenvalue weighted by molar-refractivity contribution is -0.286. The molecule has 0 radical (unpaired) electrons. The normalized spacial score (nSPS) is 17.2. The van der Waals surface area contributed by atoms with Gasteiger partial charge in [-0.15, -0.1) is 20.1 Å². The van der Waals surface area contributed by atoms with Crippen molar-refractivity contribution < 1.29 is 27.7 Å². The highest BCUT2D eigenvalue weighted by Crippen LogP contribution is 2.43. The molecule has 2 aliphatic rings. The van der Waals surface area contributed by atoms with E-state index in [4.69, 9.17) is 26.1 Å². The number of rotatable bonds is 6. The first-order chi connectivity index (χ1) is 15.9. The van der Waals surface area contributed by atoms with E-state index < -0.39 is 6.29 Å². The van der Waals surface area contributed by atoms with Crippen molar-refractivity contribution in [3.8, 4) is 33.6 Å². The SMILES string of the molecule is Cc1nc(-c2sc(Cl)cc2COc2ccc3c(c2)OC(F)(F)O3)ccc1OC1CCCCC1. The minimum atomic E-state index is -3.66. The number of hydrogen-bond acceptors (Lipinski definition) is 6. The van der Waals surface area contributed by atoms with Gasteiger partial charge in [0.2, 0.25) is 0 Å². The number of alkyl halides is 2. The van der Waals surface area contributed by atoms with E-state index in [1.54, 1.807) is 6.07 Å². The van der Waals surface area contributed by atoms with Crippen LogP contribution in [0.25, 0.3) is 10.6 Å². The molecule has 0 saturated heterocycles. The summed E-state index contributed by atoms with van der Waals surface area (Å²) in [5, 5.41) is 0. The summed E-state index contributed by atoms with van der Waals surface area (Å²) in [6.07, 6.45) is 2.45. The maximum atomic E-state index is 13.2. The zero-order chi connectivity index (χ0) is 23.0. The van der Waals surface area contributed by atoms with Crippen molar-refractivity contribution in [2.75, 3.05) is 0 Å². The van der Waals surface area contributed by atoms with Crippen LogP contribution in [0.3, 0.4) is 0 Å². The molecule has 1 saturated carbocycles. The van der Waals surface area contributed by atoms with Gasteiger partial charge < -0.3 is 18.9 Å². The molecule has 0 spiro atoms. The summed E-state index contributed by atoms with van der Waals surface area (Å²) >= 11 is 7.71. The van der Waals surface area contributed by atoms with E-state index in [0.29, 0.717) is 10.1 Å². The van der Waals surface area contributed by atoms with E-state index in [1.807, 2.05) is 25.1 Å². The molecule has 0 amide bonds. The average Bonchev–Trinajstić information content (AvgIpc) is 3.31. The Morgan fingerprint density at radius 1 is 1.09 bits per heavy atom. The standard InChI is InChI=1S/C24H22ClF2NO4S/c1-14-19(30-16-5-3-2-4-6-16)10-8-18(28-14)23-15(11-22(25)33-23)13-29-17-7-9-20-21(12-17)32-24(26,27)31-20/h7-12,16H,2-6,13H2,1H3. The molecule has 33 heavy (non-hydrogen) atoms. The molecule has 2 aromatic heterocycles. The summed E-state index contributed by atoms with van der Waals surface area (Å²) in [6, 6.07) is 10.0. The first-order valence-corrected chi connectivity index (χ1v) is 12.0. The summed E-state index contributed by atoms with van der Waals surface area (Å²) in [4.78, 5) is 5.64. The molecule has 0 unspecified atom stereocenters. The largest absolute Gasteiger partial charge is 0.586 e. The third kappa shape index (κ3) is 5.01. The van der Waals surface area contributed by atoms with Gasteiger partial charge in [0.15, 0.2) is 11.5 Å². The monoisotopic (exact) mass is 493 g/mol. The molecule has 174 valence electrons. The van der Waals surface area contributed by atoms with Crippen molar-refractivity contribution in [2.24, 2.45) is 0 Å². The Hall–Kier alpha value is -2.58. The van der Waals surface area contributed by atoms with E-state index >= 15 is 0 Å². The molecule has 9 heteroatoms. The number of fused-ring (bicyclic) bond motifs is 1. The number of ether oxygens (including phenoxy) is 4. The van der Waals surface area contributed by atoms with Crippen LogP contribution in [-0.2, 0) is 6.61 Å². The fraction of sp³-hybridized carbons (Fsp3) is 0.375. The van der Waals surface area contributed by atoms with Crippen LogP contribution in [0.5, 0.6) is 23.0 Å². The summed E-state index contributed by atoms with van der Waals surface area (Å²) in [7, 11) is 0. The maximum absolute atomic E-state index is 13.2. The molecule has 3 heterocycles. The Kier molecular flexibility index (Phi) is 6.05. The number of pyridine rings is 1. The van der Waals surface area contributed by atoms with Crippen LogP contribution in [0.15, 0.2) is 36.4 Å². The van der Waals surface area contributed by atoms with Crippen LogP contribution in [0, 0.1) is 6.92 Å². The number of halogens is 3. The molecule has 5 nitrogen and oxygen atoms in total. The second-order valence-corrected chi connectivity index (χ2v) is 9.81. The highest BCUT2D eigenvalue weighted by molar-refractivity contribution is 7.19. The van der Waals surface area contributed by atoms with E-state index in [-0.39, 0.29) is 24.2 Å². The van der Waals surface area contributed by atoms with Crippen molar-refractivity contribution in [1.29, 1.82) is 0 Å². The number of aromatic nitrogens is 1. The van der Waals surface area contributed by atoms with E-state index in [1.165, 1.54) is 42.7 Å². The quantitative estimate of drug-likeness (QED) is 0.358. The van der Waals surface area contributed by atoms with Gasteiger partial charge >= 0.3 is 6.29 Å². The summed E-state index contributed by atoms with van der Waals surface area (Å²) in [5.74, 6) is 1.10.